The van der Waals surface area contributed by atoms with Gasteiger partial charge < -0.3 is 15.1 Å². The fourth-order valence-electron chi connectivity index (χ4n) is 3.60. The molecule has 3 aromatic rings. The van der Waals surface area contributed by atoms with Crippen LogP contribution in [-0.4, -0.2) is 30.1 Å². The summed E-state index contributed by atoms with van der Waals surface area (Å²) >= 11 is 0. The molecule has 1 aromatic heterocycles. The Balaban J connectivity index is 1.41. The Morgan fingerprint density at radius 2 is 1.68 bits per heavy atom. The van der Waals surface area contributed by atoms with E-state index in [4.69, 9.17) is 0 Å². The van der Waals surface area contributed by atoms with Gasteiger partial charge >= 0.3 is 0 Å². The summed E-state index contributed by atoms with van der Waals surface area (Å²) in [5, 5.41) is 3.33. The third-order valence-electron chi connectivity index (χ3n) is 5.14. The van der Waals surface area contributed by atoms with Crippen LogP contribution in [-0.2, 0) is 6.54 Å². The maximum Gasteiger partial charge on any atom is 0.229 e. The summed E-state index contributed by atoms with van der Waals surface area (Å²) in [6.07, 6.45) is 5.73. The first kappa shape index (κ1) is 18.3. The molecule has 2 aromatic carbocycles. The molecule has 4 rings (SSSR count). The molecule has 5 heteroatoms. The van der Waals surface area contributed by atoms with Crippen LogP contribution in [0.5, 0.6) is 0 Å². The van der Waals surface area contributed by atoms with Gasteiger partial charge in [-0.25, -0.2) is 4.98 Å². The highest BCUT2D eigenvalue weighted by Gasteiger charge is 2.11. The molecule has 0 unspecified atom stereocenters. The van der Waals surface area contributed by atoms with E-state index in [0.717, 1.165) is 31.1 Å². The van der Waals surface area contributed by atoms with Gasteiger partial charge in [0.15, 0.2) is 0 Å². The monoisotopic (exact) mass is 373 g/mol. The second kappa shape index (κ2) is 8.74. The topological polar surface area (TPSA) is 44.3 Å². The molecule has 0 bridgehead atoms. The van der Waals surface area contributed by atoms with E-state index >= 15 is 0 Å². The lowest BCUT2D eigenvalue weighted by Gasteiger charge is -2.28. The van der Waals surface area contributed by atoms with Crippen LogP contribution in [0.25, 0.3) is 0 Å². The molecule has 2 heterocycles. The first-order valence-corrected chi connectivity index (χ1v) is 9.98. The molecule has 1 aliphatic heterocycles. The SMILES string of the molecule is CN(Cc1ccccc1)c1ccnc(Nc2ccc(N3CCCCC3)cc2)n1. The van der Waals surface area contributed by atoms with Gasteiger partial charge in [-0.1, -0.05) is 30.3 Å². The van der Waals surface area contributed by atoms with Gasteiger partial charge in [0.05, 0.1) is 0 Å². The van der Waals surface area contributed by atoms with Gasteiger partial charge in [-0.2, -0.15) is 4.98 Å². The number of nitrogens with one attached hydrogen (secondary N) is 1. The fraction of sp³-hybridized carbons (Fsp3) is 0.304. The molecule has 1 saturated heterocycles. The number of piperidine rings is 1. The number of benzene rings is 2. The van der Waals surface area contributed by atoms with Gasteiger partial charge in [0.1, 0.15) is 5.82 Å². The third kappa shape index (κ3) is 4.60. The van der Waals surface area contributed by atoms with E-state index in [0.29, 0.717) is 5.95 Å². The molecule has 5 nitrogen and oxygen atoms in total. The van der Waals surface area contributed by atoms with E-state index in [1.807, 2.05) is 19.2 Å². The van der Waals surface area contributed by atoms with E-state index in [9.17, 15) is 0 Å². The fourth-order valence-corrected chi connectivity index (χ4v) is 3.60. The van der Waals surface area contributed by atoms with Crippen molar-refractivity contribution in [1.82, 2.24) is 9.97 Å². The van der Waals surface area contributed by atoms with Crippen LogP contribution in [0.4, 0.5) is 23.1 Å². The zero-order chi connectivity index (χ0) is 19.2. The standard InChI is InChI=1S/C23H27N5/c1-27(18-19-8-4-2-5-9-19)22-14-15-24-23(26-22)25-20-10-12-21(13-11-20)28-16-6-3-7-17-28/h2,4-5,8-15H,3,6-7,16-18H2,1H3,(H,24,25,26). The van der Waals surface area contributed by atoms with Crippen molar-refractivity contribution in [2.24, 2.45) is 0 Å². The summed E-state index contributed by atoms with van der Waals surface area (Å²) in [6.45, 7) is 3.12. The smallest absolute Gasteiger partial charge is 0.229 e. The lowest BCUT2D eigenvalue weighted by molar-refractivity contribution is 0.578. The first-order valence-electron chi connectivity index (χ1n) is 9.98. The summed E-state index contributed by atoms with van der Waals surface area (Å²) in [5.74, 6) is 1.51. The minimum Gasteiger partial charge on any atom is -0.372 e. The van der Waals surface area contributed by atoms with Crippen molar-refractivity contribution in [3.8, 4) is 0 Å². The van der Waals surface area contributed by atoms with Crippen LogP contribution < -0.4 is 15.1 Å². The molecule has 0 atom stereocenters. The van der Waals surface area contributed by atoms with Crippen molar-refractivity contribution in [2.75, 3.05) is 35.3 Å². The maximum atomic E-state index is 4.67. The first-order chi connectivity index (χ1) is 13.8. The van der Waals surface area contributed by atoms with Gasteiger partial charge in [0, 0.05) is 44.3 Å². The molecule has 0 spiro atoms. The summed E-state index contributed by atoms with van der Waals surface area (Å²) in [6, 6.07) is 20.9. The van der Waals surface area contributed by atoms with Crippen molar-refractivity contribution in [3.63, 3.8) is 0 Å². The van der Waals surface area contributed by atoms with Crippen LogP contribution in [0.15, 0.2) is 66.9 Å². The van der Waals surface area contributed by atoms with Crippen LogP contribution in [0, 0.1) is 0 Å². The van der Waals surface area contributed by atoms with Crippen LogP contribution in [0.2, 0.25) is 0 Å². The average molecular weight is 374 g/mol. The Bertz CT molecular complexity index is 873. The molecule has 28 heavy (non-hydrogen) atoms. The summed E-state index contributed by atoms with van der Waals surface area (Å²) in [7, 11) is 2.05. The zero-order valence-electron chi connectivity index (χ0n) is 16.4. The van der Waals surface area contributed by atoms with Crippen molar-refractivity contribution < 1.29 is 0 Å². The minimum absolute atomic E-state index is 0.614. The predicted octanol–water partition coefficient (Wildman–Crippen LogP) is 4.85. The van der Waals surface area contributed by atoms with Crippen molar-refractivity contribution in [1.29, 1.82) is 0 Å². The number of rotatable bonds is 6. The van der Waals surface area contributed by atoms with Crippen molar-refractivity contribution in [2.45, 2.75) is 25.8 Å². The summed E-state index contributed by atoms with van der Waals surface area (Å²) in [5.41, 5.74) is 3.55. The molecule has 0 aliphatic carbocycles. The molecule has 1 fully saturated rings. The van der Waals surface area contributed by atoms with Crippen LogP contribution in [0.1, 0.15) is 24.8 Å². The highest BCUT2D eigenvalue weighted by atomic mass is 15.2. The number of hydrogen-bond acceptors (Lipinski definition) is 5. The minimum atomic E-state index is 0.614. The highest BCUT2D eigenvalue weighted by molar-refractivity contribution is 5.60. The van der Waals surface area contributed by atoms with Crippen molar-refractivity contribution >= 4 is 23.1 Å². The molecular weight excluding hydrogens is 346 g/mol. The van der Waals surface area contributed by atoms with Crippen molar-refractivity contribution in [3.05, 3.63) is 72.4 Å². The van der Waals surface area contributed by atoms with Crippen LogP contribution in [0.3, 0.4) is 0 Å². The second-order valence-electron chi connectivity index (χ2n) is 7.30. The largest absolute Gasteiger partial charge is 0.372 e. The number of hydrogen-bond donors (Lipinski definition) is 1. The highest BCUT2D eigenvalue weighted by Crippen LogP contribution is 2.23. The van der Waals surface area contributed by atoms with Gasteiger partial charge in [0.25, 0.3) is 0 Å². The molecule has 1 N–H and O–H groups in total. The Hall–Kier alpha value is -3.08. The van der Waals surface area contributed by atoms with E-state index in [2.05, 4.69) is 73.6 Å². The van der Waals surface area contributed by atoms with E-state index < -0.39 is 0 Å². The number of anilines is 4. The molecule has 0 saturated carbocycles. The third-order valence-corrected chi connectivity index (χ3v) is 5.14. The summed E-state index contributed by atoms with van der Waals surface area (Å²) in [4.78, 5) is 13.6. The summed E-state index contributed by atoms with van der Waals surface area (Å²) < 4.78 is 0. The molecular formula is C23H27N5. The zero-order valence-corrected chi connectivity index (χ0v) is 16.4. The second-order valence-corrected chi connectivity index (χ2v) is 7.30. The molecule has 0 amide bonds. The number of nitrogens with zero attached hydrogens (tertiary/aromatic N) is 4. The van der Waals surface area contributed by atoms with E-state index in [-0.39, 0.29) is 0 Å². The lowest BCUT2D eigenvalue weighted by Crippen LogP contribution is -2.29. The van der Waals surface area contributed by atoms with Gasteiger partial charge in [-0.15, -0.1) is 0 Å². The number of aromatic nitrogens is 2. The van der Waals surface area contributed by atoms with Gasteiger partial charge in [-0.3, -0.25) is 0 Å². The maximum absolute atomic E-state index is 4.67. The molecule has 144 valence electrons. The molecule has 0 radical (unpaired) electrons. The average Bonchev–Trinajstić information content (AvgIpc) is 2.76. The Kier molecular flexibility index (Phi) is 5.71. The normalized spacial score (nSPS) is 14.0. The van der Waals surface area contributed by atoms with Gasteiger partial charge in [-0.05, 0) is 55.2 Å². The molecule has 1 aliphatic rings. The predicted molar refractivity (Wildman–Crippen MR) is 116 cm³/mol. The quantitative estimate of drug-likeness (QED) is 0.669. The van der Waals surface area contributed by atoms with Gasteiger partial charge in [0.2, 0.25) is 5.95 Å². The Morgan fingerprint density at radius 1 is 0.929 bits per heavy atom. The van der Waals surface area contributed by atoms with Crippen LogP contribution >= 0.6 is 0 Å². The Labute approximate surface area is 167 Å². The van der Waals surface area contributed by atoms with E-state index in [1.54, 1.807) is 6.20 Å². The Morgan fingerprint density at radius 3 is 2.43 bits per heavy atom. The van der Waals surface area contributed by atoms with E-state index in [1.165, 1.54) is 30.5 Å². The lowest BCUT2D eigenvalue weighted by atomic mass is 10.1.